The van der Waals surface area contributed by atoms with Crippen molar-refractivity contribution >= 4 is 15.9 Å². The van der Waals surface area contributed by atoms with Crippen molar-refractivity contribution in [1.82, 2.24) is 14.1 Å². The second-order valence-corrected chi connectivity index (χ2v) is 11.0. The third-order valence-electron chi connectivity index (χ3n) is 6.07. The van der Waals surface area contributed by atoms with E-state index < -0.39 is 10.0 Å². The second kappa shape index (κ2) is 10.7. The number of nitrogens with zero attached hydrogens (tertiary/aromatic N) is 3. The lowest BCUT2D eigenvalue weighted by Gasteiger charge is -2.30. The van der Waals surface area contributed by atoms with E-state index in [9.17, 15) is 13.2 Å². The van der Waals surface area contributed by atoms with Crippen LogP contribution in [0.4, 0.5) is 0 Å². The fourth-order valence-corrected chi connectivity index (χ4v) is 5.64. The van der Waals surface area contributed by atoms with E-state index in [-0.39, 0.29) is 17.3 Å². The summed E-state index contributed by atoms with van der Waals surface area (Å²) < 4.78 is 32.4. The lowest BCUT2D eigenvalue weighted by atomic mass is 9.97. The summed E-state index contributed by atoms with van der Waals surface area (Å²) in [7, 11) is 3.58. The zero-order valence-electron chi connectivity index (χ0n) is 20.3. The molecule has 0 saturated heterocycles. The largest absolute Gasteiger partial charge is 0.497 e. The summed E-state index contributed by atoms with van der Waals surface area (Å²) in [5, 5.41) is 0. The van der Waals surface area contributed by atoms with Gasteiger partial charge in [-0.3, -0.25) is 4.79 Å². The molecule has 2 aromatic carbocycles. The minimum absolute atomic E-state index is 0.0742. The van der Waals surface area contributed by atoms with Crippen LogP contribution in [0.3, 0.4) is 0 Å². The van der Waals surface area contributed by atoms with Crippen molar-refractivity contribution in [3.05, 3.63) is 58.7 Å². The Labute approximate surface area is 198 Å². The van der Waals surface area contributed by atoms with E-state index in [1.54, 1.807) is 39.3 Å². The SMILES string of the molecule is COc1ccc(S(=O)(=O)N(C)CCCC(=O)N2CCc3ccc(CN(C)C)cc3C2)c(C)c1. The first-order valence-electron chi connectivity index (χ1n) is 11.3. The number of hydrogen-bond acceptors (Lipinski definition) is 5. The van der Waals surface area contributed by atoms with Gasteiger partial charge in [0, 0.05) is 39.6 Å². The van der Waals surface area contributed by atoms with Crippen LogP contribution in [0.1, 0.15) is 35.1 Å². The van der Waals surface area contributed by atoms with Crippen LogP contribution in [0.15, 0.2) is 41.3 Å². The number of aryl methyl sites for hydroxylation is 1. The highest BCUT2D eigenvalue weighted by Gasteiger charge is 2.24. The molecule has 0 unspecified atom stereocenters. The summed E-state index contributed by atoms with van der Waals surface area (Å²) in [6.45, 7) is 4.24. The highest BCUT2D eigenvalue weighted by molar-refractivity contribution is 7.89. The average Bonchev–Trinajstić information content (AvgIpc) is 2.77. The zero-order valence-corrected chi connectivity index (χ0v) is 21.1. The van der Waals surface area contributed by atoms with Crippen LogP contribution < -0.4 is 4.74 Å². The number of fused-ring (bicyclic) bond motifs is 1. The van der Waals surface area contributed by atoms with Gasteiger partial charge >= 0.3 is 0 Å². The molecule has 0 radical (unpaired) electrons. The number of carbonyl (C=O) groups is 1. The summed E-state index contributed by atoms with van der Waals surface area (Å²) in [5.41, 5.74) is 4.40. The number of carbonyl (C=O) groups excluding carboxylic acids is 1. The predicted molar refractivity (Wildman–Crippen MR) is 130 cm³/mol. The molecule has 0 N–H and O–H groups in total. The van der Waals surface area contributed by atoms with Crippen molar-refractivity contribution in [2.45, 2.75) is 44.2 Å². The molecule has 0 aliphatic carbocycles. The van der Waals surface area contributed by atoms with Gasteiger partial charge in [-0.15, -0.1) is 0 Å². The highest BCUT2D eigenvalue weighted by atomic mass is 32.2. The van der Waals surface area contributed by atoms with Gasteiger partial charge in [0.1, 0.15) is 5.75 Å². The molecule has 0 saturated carbocycles. The summed E-state index contributed by atoms with van der Waals surface area (Å²) in [5.74, 6) is 0.696. The first-order valence-corrected chi connectivity index (χ1v) is 12.7. The van der Waals surface area contributed by atoms with E-state index in [1.807, 2.05) is 19.0 Å². The molecular formula is C25H35N3O4S. The molecule has 8 heteroatoms. The molecule has 1 aliphatic rings. The topological polar surface area (TPSA) is 70.2 Å². The van der Waals surface area contributed by atoms with Gasteiger partial charge in [0.25, 0.3) is 0 Å². The number of methoxy groups -OCH3 is 1. The molecule has 7 nitrogen and oxygen atoms in total. The molecule has 1 amide bonds. The summed E-state index contributed by atoms with van der Waals surface area (Å²) in [4.78, 5) is 17.1. The lowest BCUT2D eigenvalue weighted by molar-refractivity contribution is -0.132. The predicted octanol–water partition coefficient (Wildman–Crippen LogP) is 3.05. The van der Waals surface area contributed by atoms with Crippen LogP contribution >= 0.6 is 0 Å². The summed E-state index contributed by atoms with van der Waals surface area (Å²) >= 11 is 0. The van der Waals surface area contributed by atoms with Gasteiger partial charge in [-0.05, 0) is 74.3 Å². The van der Waals surface area contributed by atoms with E-state index in [0.717, 1.165) is 13.0 Å². The standard InChI is InChI=1S/C25H35N3O4S/c1-19-15-23(32-5)10-11-24(19)33(30,31)27(4)13-6-7-25(29)28-14-12-21-9-8-20(17-26(2)3)16-22(21)18-28/h8-11,15-16H,6-7,12-14,17-18H2,1-5H3. The minimum atomic E-state index is -3.62. The average molecular weight is 474 g/mol. The van der Waals surface area contributed by atoms with Gasteiger partial charge in [-0.1, -0.05) is 18.2 Å². The molecular weight excluding hydrogens is 438 g/mol. The van der Waals surface area contributed by atoms with E-state index in [4.69, 9.17) is 4.74 Å². The van der Waals surface area contributed by atoms with Crippen LogP contribution in [0, 0.1) is 6.92 Å². The number of hydrogen-bond donors (Lipinski definition) is 0. The molecule has 3 rings (SSSR count). The van der Waals surface area contributed by atoms with Crippen LogP contribution in [0.25, 0.3) is 0 Å². The second-order valence-electron chi connectivity index (χ2n) is 8.97. The van der Waals surface area contributed by atoms with Crippen molar-refractivity contribution in [1.29, 1.82) is 0 Å². The molecule has 0 bridgehead atoms. The number of sulfonamides is 1. The molecule has 1 aliphatic heterocycles. The Hall–Kier alpha value is -2.42. The maximum atomic E-state index is 13.0. The first-order chi connectivity index (χ1) is 15.6. The fourth-order valence-electron chi connectivity index (χ4n) is 4.22. The van der Waals surface area contributed by atoms with E-state index in [0.29, 0.717) is 37.2 Å². The molecule has 0 atom stereocenters. The van der Waals surface area contributed by atoms with Crippen LogP contribution in [0.2, 0.25) is 0 Å². The maximum absolute atomic E-state index is 13.0. The van der Waals surface area contributed by atoms with Gasteiger partial charge in [0.15, 0.2) is 0 Å². The Balaban J connectivity index is 1.56. The van der Waals surface area contributed by atoms with Crippen molar-refractivity contribution in [2.24, 2.45) is 0 Å². The van der Waals surface area contributed by atoms with Crippen molar-refractivity contribution < 1.29 is 17.9 Å². The van der Waals surface area contributed by atoms with E-state index >= 15 is 0 Å². The molecule has 180 valence electrons. The first kappa shape index (κ1) is 25.2. The molecule has 0 fully saturated rings. The fraction of sp³-hybridized carbons (Fsp3) is 0.480. The molecule has 33 heavy (non-hydrogen) atoms. The van der Waals surface area contributed by atoms with Gasteiger partial charge in [-0.2, -0.15) is 0 Å². The lowest BCUT2D eigenvalue weighted by Crippen LogP contribution is -2.36. The molecule has 0 aromatic heterocycles. The van der Waals surface area contributed by atoms with Crippen LogP contribution in [-0.2, 0) is 34.3 Å². The highest BCUT2D eigenvalue weighted by Crippen LogP contribution is 2.24. The van der Waals surface area contributed by atoms with Crippen molar-refractivity contribution in [3.63, 3.8) is 0 Å². The van der Waals surface area contributed by atoms with Crippen LogP contribution in [-0.4, -0.2) is 69.8 Å². The Kier molecular flexibility index (Phi) is 8.15. The monoisotopic (exact) mass is 473 g/mol. The Morgan fingerprint density at radius 1 is 1.09 bits per heavy atom. The van der Waals surface area contributed by atoms with Gasteiger partial charge in [-0.25, -0.2) is 12.7 Å². The number of rotatable bonds is 9. The molecule has 1 heterocycles. The van der Waals surface area contributed by atoms with Gasteiger partial charge < -0.3 is 14.5 Å². The smallest absolute Gasteiger partial charge is 0.243 e. The summed E-state index contributed by atoms with van der Waals surface area (Å²) in [6, 6.07) is 11.5. The number of benzene rings is 2. The van der Waals surface area contributed by atoms with E-state index in [2.05, 4.69) is 23.1 Å². The Bertz CT molecular complexity index is 1100. The van der Waals surface area contributed by atoms with Crippen LogP contribution in [0.5, 0.6) is 5.75 Å². The minimum Gasteiger partial charge on any atom is -0.497 e. The number of ether oxygens (including phenoxy) is 1. The Morgan fingerprint density at radius 2 is 1.85 bits per heavy atom. The normalized spacial score (nSPS) is 14.0. The summed E-state index contributed by atoms with van der Waals surface area (Å²) in [6.07, 6.45) is 1.66. The quantitative estimate of drug-likeness (QED) is 0.560. The third-order valence-corrected chi connectivity index (χ3v) is 8.09. The van der Waals surface area contributed by atoms with Crippen molar-refractivity contribution in [2.75, 3.05) is 41.3 Å². The van der Waals surface area contributed by atoms with Gasteiger partial charge in [0.2, 0.25) is 15.9 Å². The number of amides is 1. The van der Waals surface area contributed by atoms with E-state index in [1.165, 1.54) is 21.0 Å². The van der Waals surface area contributed by atoms with Gasteiger partial charge in [0.05, 0.1) is 12.0 Å². The van der Waals surface area contributed by atoms with Crippen molar-refractivity contribution in [3.8, 4) is 5.75 Å². The third kappa shape index (κ3) is 6.13. The zero-order chi connectivity index (χ0) is 24.2. The molecule has 0 spiro atoms. The Morgan fingerprint density at radius 3 is 2.52 bits per heavy atom. The maximum Gasteiger partial charge on any atom is 0.243 e. The molecule has 2 aromatic rings.